The summed E-state index contributed by atoms with van der Waals surface area (Å²) in [5, 5.41) is 14.4. The van der Waals surface area contributed by atoms with Crippen LogP contribution in [0.5, 0.6) is 0 Å². The molecule has 1 fully saturated rings. The average molecular weight is 591 g/mol. The Bertz CT molecular complexity index is 1320. The standard InChI is InChI=1S/C32H45F3N2O3Si/c1-19(2)27-25-26(24-21(37(27)38)16-30(6,7)17-22(24)40-41(8,9)29(3,4)5)31(14-10-11-15-31)39-28(25)20-12-13-23(36-18-20)32(33,34)35/h12-13,18-19,22,28H,10-11,14-17H2,1-9H3. The highest BCUT2D eigenvalue weighted by atomic mass is 28.4. The molecule has 2 unspecified atom stereocenters. The highest BCUT2D eigenvalue weighted by molar-refractivity contribution is 6.74. The van der Waals surface area contributed by atoms with E-state index in [-0.39, 0.29) is 22.5 Å². The number of hydrogen-bond donors (Lipinski definition) is 0. The molecule has 3 heterocycles. The molecule has 0 aromatic carbocycles. The lowest BCUT2D eigenvalue weighted by atomic mass is 9.70. The fourth-order valence-electron chi connectivity index (χ4n) is 6.98. The third-order valence-corrected chi connectivity index (χ3v) is 14.4. The molecule has 2 aromatic rings. The second-order valence-electron chi connectivity index (χ2n) is 15.1. The summed E-state index contributed by atoms with van der Waals surface area (Å²) < 4.78 is 55.4. The molecule has 9 heteroatoms. The van der Waals surface area contributed by atoms with Crippen molar-refractivity contribution >= 4 is 8.32 Å². The van der Waals surface area contributed by atoms with E-state index in [2.05, 4.69) is 52.7 Å². The zero-order valence-electron chi connectivity index (χ0n) is 26.0. The second-order valence-corrected chi connectivity index (χ2v) is 19.8. The van der Waals surface area contributed by atoms with E-state index in [4.69, 9.17) is 9.16 Å². The zero-order chi connectivity index (χ0) is 30.3. The van der Waals surface area contributed by atoms with Gasteiger partial charge in [-0.05, 0) is 48.9 Å². The smallest absolute Gasteiger partial charge is 0.433 e. The topological polar surface area (TPSA) is 58.3 Å². The maximum absolute atomic E-state index is 14.4. The lowest BCUT2D eigenvalue weighted by Gasteiger charge is -2.45. The predicted octanol–water partition coefficient (Wildman–Crippen LogP) is 8.78. The summed E-state index contributed by atoms with van der Waals surface area (Å²) in [4.78, 5) is 3.77. The number of aromatic nitrogens is 2. The van der Waals surface area contributed by atoms with E-state index < -0.39 is 31.9 Å². The SMILES string of the molecule is CC(C)c1c2c(c3c([n+]1[O-])CC(C)(C)CC3O[Si](C)(C)C(C)(C)C)C1(CCCC1)OC2c1ccc(C(F)(F)F)nc1. The molecule has 0 bridgehead atoms. The summed E-state index contributed by atoms with van der Waals surface area (Å²) in [7, 11) is -2.23. The molecule has 2 atom stereocenters. The number of rotatable bonds is 4. The van der Waals surface area contributed by atoms with Crippen molar-refractivity contribution in [2.45, 2.75) is 135 Å². The van der Waals surface area contributed by atoms with E-state index in [1.165, 1.54) is 12.3 Å². The predicted molar refractivity (Wildman–Crippen MR) is 155 cm³/mol. The Morgan fingerprint density at radius 3 is 2.24 bits per heavy atom. The van der Waals surface area contributed by atoms with Crippen LogP contribution in [0.3, 0.4) is 0 Å². The molecule has 2 aliphatic carbocycles. The molecule has 0 radical (unpaired) electrons. The third-order valence-electron chi connectivity index (χ3n) is 9.94. The van der Waals surface area contributed by atoms with Crippen LogP contribution in [0.2, 0.25) is 18.1 Å². The van der Waals surface area contributed by atoms with Gasteiger partial charge in [-0.15, -0.1) is 0 Å². The maximum Gasteiger partial charge on any atom is 0.433 e. The lowest BCUT2D eigenvalue weighted by molar-refractivity contribution is -0.626. The second kappa shape index (κ2) is 9.78. The molecule has 1 aliphatic heterocycles. The van der Waals surface area contributed by atoms with Crippen LogP contribution in [0.4, 0.5) is 13.2 Å². The average Bonchev–Trinajstić information content (AvgIpc) is 3.42. The van der Waals surface area contributed by atoms with Gasteiger partial charge in [0.15, 0.2) is 14.0 Å². The van der Waals surface area contributed by atoms with Gasteiger partial charge >= 0.3 is 6.18 Å². The Balaban J connectivity index is 1.79. The van der Waals surface area contributed by atoms with E-state index in [0.29, 0.717) is 17.7 Å². The minimum Gasteiger partial charge on any atom is -0.618 e. The van der Waals surface area contributed by atoms with Gasteiger partial charge in [0.05, 0.1) is 22.8 Å². The highest BCUT2D eigenvalue weighted by Gasteiger charge is 2.56. The van der Waals surface area contributed by atoms with Gasteiger partial charge in [-0.25, -0.2) is 0 Å². The van der Waals surface area contributed by atoms with Crippen LogP contribution in [-0.4, -0.2) is 13.3 Å². The van der Waals surface area contributed by atoms with Crippen molar-refractivity contribution in [3.8, 4) is 0 Å². The van der Waals surface area contributed by atoms with Crippen LogP contribution in [0.25, 0.3) is 0 Å². The Morgan fingerprint density at radius 1 is 1.10 bits per heavy atom. The van der Waals surface area contributed by atoms with Crippen molar-refractivity contribution in [3.05, 3.63) is 62.9 Å². The van der Waals surface area contributed by atoms with E-state index in [1.807, 2.05) is 13.8 Å². The molecule has 41 heavy (non-hydrogen) atoms. The maximum atomic E-state index is 14.4. The van der Waals surface area contributed by atoms with E-state index >= 15 is 0 Å². The largest absolute Gasteiger partial charge is 0.618 e. The van der Waals surface area contributed by atoms with Crippen molar-refractivity contribution in [1.82, 2.24) is 4.98 Å². The van der Waals surface area contributed by atoms with Crippen LogP contribution < -0.4 is 4.73 Å². The Kier molecular flexibility index (Phi) is 7.27. The molecule has 0 amide bonds. The summed E-state index contributed by atoms with van der Waals surface area (Å²) in [5.74, 6) is -0.110. The number of hydrogen-bond acceptors (Lipinski definition) is 4. The van der Waals surface area contributed by atoms with Crippen LogP contribution in [0, 0.1) is 10.6 Å². The number of nitrogens with zero attached hydrogens (tertiary/aromatic N) is 2. The molecule has 3 aliphatic rings. The first-order valence-corrected chi connectivity index (χ1v) is 17.9. The fourth-order valence-corrected chi connectivity index (χ4v) is 8.25. The molecule has 5 nitrogen and oxygen atoms in total. The zero-order valence-corrected chi connectivity index (χ0v) is 27.0. The Morgan fingerprint density at radius 2 is 1.73 bits per heavy atom. The Labute approximate surface area is 243 Å². The highest BCUT2D eigenvalue weighted by Crippen LogP contribution is 2.60. The van der Waals surface area contributed by atoms with Crippen LogP contribution in [0.1, 0.15) is 138 Å². The van der Waals surface area contributed by atoms with Crippen molar-refractivity contribution in [2.75, 3.05) is 0 Å². The number of halogens is 3. The molecule has 226 valence electrons. The van der Waals surface area contributed by atoms with Gasteiger partial charge in [-0.2, -0.15) is 17.9 Å². The first-order chi connectivity index (χ1) is 18.8. The summed E-state index contributed by atoms with van der Waals surface area (Å²) >= 11 is 0. The van der Waals surface area contributed by atoms with Gasteiger partial charge in [0.25, 0.3) is 0 Å². The summed E-state index contributed by atoms with van der Waals surface area (Å²) in [6, 6.07) is 2.48. The monoisotopic (exact) mass is 590 g/mol. The van der Waals surface area contributed by atoms with Crippen molar-refractivity contribution in [2.24, 2.45) is 5.41 Å². The molecular weight excluding hydrogens is 545 g/mol. The molecular formula is C32H45F3N2O3Si. The van der Waals surface area contributed by atoms with Gasteiger partial charge in [-0.3, -0.25) is 4.98 Å². The van der Waals surface area contributed by atoms with Gasteiger partial charge in [0.2, 0.25) is 5.69 Å². The number of pyridine rings is 2. The third kappa shape index (κ3) is 5.14. The van der Waals surface area contributed by atoms with E-state index in [9.17, 15) is 18.4 Å². The van der Waals surface area contributed by atoms with Crippen molar-refractivity contribution < 1.29 is 27.1 Å². The summed E-state index contributed by atoms with van der Waals surface area (Å²) in [6.45, 7) is 19.6. The molecule has 0 N–H and O–H groups in total. The minimum atomic E-state index is -4.53. The molecule has 5 rings (SSSR count). The van der Waals surface area contributed by atoms with Gasteiger partial charge in [0, 0.05) is 29.7 Å². The van der Waals surface area contributed by atoms with E-state index in [1.54, 1.807) is 0 Å². The van der Waals surface area contributed by atoms with Crippen molar-refractivity contribution in [3.63, 3.8) is 0 Å². The fraction of sp³-hybridized carbons (Fsp3) is 0.688. The number of ether oxygens (including phenoxy) is 1. The lowest BCUT2D eigenvalue weighted by Crippen LogP contribution is -2.49. The molecule has 0 saturated heterocycles. The minimum absolute atomic E-state index is 0.0147. The van der Waals surface area contributed by atoms with E-state index in [0.717, 1.165) is 65.3 Å². The van der Waals surface area contributed by atoms with Gasteiger partial charge in [-0.1, -0.05) is 67.4 Å². The quantitative estimate of drug-likeness (QED) is 0.203. The number of alkyl halides is 3. The van der Waals surface area contributed by atoms with Crippen LogP contribution in [-0.2, 0) is 27.4 Å². The van der Waals surface area contributed by atoms with Gasteiger partial charge < -0.3 is 14.4 Å². The number of fused-ring (bicyclic) bond motifs is 4. The summed E-state index contributed by atoms with van der Waals surface area (Å²) in [6.07, 6.45) is 0.878. The first kappa shape index (κ1) is 30.5. The molecule has 2 aromatic heterocycles. The van der Waals surface area contributed by atoms with Crippen LogP contribution >= 0.6 is 0 Å². The Hall–Kier alpha value is -1.97. The van der Waals surface area contributed by atoms with Gasteiger partial charge in [0.1, 0.15) is 11.8 Å². The normalized spacial score (nSPS) is 23.7. The summed E-state index contributed by atoms with van der Waals surface area (Å²) in [5.41, 5.74) is 3.18. The van der Waals surface area contributed by atoms with Crippen molar-refractivity contribution in [1.29, 1.82) is 0 Å². The first-order valence-electron chi connectivity index (χ1n) is 15.0. The van der Waals surface area contributed by atoms with Crippen LogP contribution in [0.15, 0.2) is 18.3 Å². The molecule has 1 spiro atoms. The molecule has 1 saturated carbocycles.